The minimum Gasteiger partial charge on any atom is -0.375 e. The third-order valence-corrected chi connectivity index (χ3v) is 2.59. The standard InChI is InChI=1S/C10H19NO2/c1-13-8-10(12)11-7-9-5-3-2-4-6-9/h9H,2-8H2,1H3,(H,11,12). The molecule has 0 atom stereocenters. The van der Waals surface area contributed by atoms with Crippen LogP contribution in [-0.4, -0.2) is 26.2 Å². The molecule has 1 saturated carbocycles. The van der Waals surface area contributed by atoms with Gasteiger partial charge in [-0.3, -0.25) is 4.79 Å². The van der Waals surface area contributed by atoms with E-state index in [2.05, 4.69) is 5.32 Å². The Kier molecular flexibility index (Phi) is 4.83. The van der Waals surface area contributed by atoms with Crippen LogP contribution in [0.25, 0.3) is 0 Å². The number of hydrogen-bond acceptors (Lipinski definition) is 2. The molecule has 13 heavy (non-hydrogen) atoms. The van der Waals surface area contributed by atoms with E-state index >= 15 is 0 Å². The molecule has 1 fully saturated rings. The summed E-state index contributed by atoms with van der Waals surface area (Å²) in [4.78, 5) is 11.0. The van der Waals surface area contributed by atoms with Crippen molar-refractivity contribution < 1.29 is 9.53 Å². The van der Waals surface area contributed by atoms with Crippen LogP contribution in [0, 0.1) is 5.92 Å². The third-order valence-electron chi connectivity index (χ3n) is 2.59. The Bertz CT molecular complexity index is 153. The summed E-state index contributed by atoms with van der Waals surface area (Å²) in [5.41, 5.74) is 0. The van der Waals surface area contributed by atoms with Crippen molar-refractivity contribution >= 4 is 5.91 Å². The largest absolute Gasteiger partial charge is 0.375 e. The summed E-state index contributed by atoms with van der Waals surface area (Å²) in [6.07, 6.45) is 6.55. The summed E-state index contributed by atoms with van der Waals surface area (Å²) in [6.45, 7) is 1.02. The predicted molar refractivity (Wildman–Crippen MR) is 51.5 cm³/mol. The van der Waals surface area contributed by atoms with Gasteiger partial charge in [0.2, 0.25) is 5.91 Å². The Morgan fingerprint density at radius 1 is 1.38 bits per heavy atom. The molecule has 0 aromatic heterocycles. The van der Waals surface area contributed by atoms with Crippen LogP contribution >= 0.6 is 0 Å². The van der Waals surface area contributed by atoms with Crippen molar-refractivity contribution in [2.45, 2.75) is 32.1 Å². The summed E-state index contributed by atoms with van der Waals surface area (Å²) >= 11 is 0. The molecular weight excluding hydrogens is 166 g/mol. The zero-order valence-corrected chi connectivity index (χ0v) is 8.34. The molecule has 0 bridgehead atoms. The maximum atomic E-state index is 11.0. The van der Waals surface area contributed by atoms with E-state index in [1.54, 1.807) is 7.11 Å². The van der Waals surface area contributed by atoms with Crippen LogP contribution in [0.5, 0.6) is 0 Å². The fourth-order valence-electron chi connectivity index (χ4n) is 1.83. The lowest BCUT2D eigenvalue weighted by Crippen LogP contribution is -2.32. The maximum Gasteiger partial charge on any atom is 0.245 e. The average molecular weight is 185 g/mol. The number of amides is 1. The van der Waals surface area contributed by atoms with E-state index in [4.69, 9.17) is 4.74 Å². The van der Waals surface area contributed by atoms with Gasteiger partial charge in [-0.1, -0.05) is 19.3 Å². The van der Waals surface area contributed by atoms with Crippen molar-refractivity contribution in [2.75, 3.05) is 20.3 Å². The van der Waals surface area contributed by atoms with Crippen molar-refractivity contribution in [1.29, 1.82) is 0 Å². The number of nitrogens with one attached hydrogen (secondary N) is 1. The molecule has 1 amide bonds. The molecule has 0 saturated heterocycles. The van der Waals surface area contributed by atoms with Crippen molar-refractivity contribution in [3.63, 3.8) is 0 Å². The van der Waals surface area contributed by atoms with Gasteiger partial charge >= 0.3 is 0 Å². The number of rotatable bonds is 4. The normalized spacial score (nSPS) is 18.5. The summed E-state index contributed by atoms with van der Waals surface area (Å²) in [7, 11) is 1.54. The van der Waals surface area contributed by atoms with Crippen LogP contribution in [0.2, 0.25) is 0 Å². The zero-order valence-electron chi connectivity index (χ0n) is 8.34. The molecule has 3 heteroatoms. The van der Waals surface area contributed by atoms with Gasteiger partial charge in [-0.25, -0.2) is 0 Å². The van der Waals surface area contributed by atoms with Gasteiger partial charge < -0.3 is 10.1 Å². The fourth-order valence-corrected chi connectivity index (χ4v) is 1.83. The van der Waals surface area contributed by atoms with Crippen LogP contribution in [0.4, 0.5) is 0 Å². The van der Waals surface area contributed by atoms with Gasteiger partial charge in [0.05, 0.1) is 0 Å². The minimum atomic E-state index is 0.00748. The van der Waals surface area contributed by atoms with Crippen LogP contribution in [-0.2, 0) is 9.53 Å². The van der Waals surface area contributed by atoms with E-state index < -0.39 is 0 Å². The lowest BCUT2D eigenvalue weighted by atomic mass is 9.89. The van der Waals surface area contributed by atoms with E-state index in [9.17, 15) is 4.79 Å². The SMILES string of the molecule is COCC(=O)NCC1CCCCC1. The van der Waals surface area contributed by atoms with Crippen molar-refractivity contribution in [2.24, 2.45) is 5.92 Å². The third kappa shape index (κ3) is 4.27. The van der Waals surface area contributed by atoms with Gasteiger partial charge in [-0.2, -0.15) is 0 Å². The molecule has 0 aliphatic heterocycles. The number of carbonyl (C=O) groups is 1. The Balaban J connectivity index is 2.06. The zero-order chi connectivity index (χ0) is 9.52. The first-order valence-electron chi connectivity index (χ1n) is 5.08. The summed E-state index contributed by atoms with van der Waals surface area (Å²) in [5.74, 6) is 0.711. The summed E-state index contributed by atoms with van der Waals surface area (Å²) in [6, 6.07) is 0. The second-order valence-electron chi connectivity index (χ2n) is 3.74. The van der Waals surface area contributed by atoms with Crippen LogP contribution < -0.4 is 5.32 Å². The van der Waals surface area contributed by atoms with E-state index in [0.717, 1.165) is 6.54 Å². The van der Waals surface area contributed by atoms with E-state index in [-0.39, 0.29) is 12.5 Å². The smallest absolute Gasteiger partial charge is 0.245 e. The van der Waals surface area contributed by atoms with Crippen LogP contribution in [0.15, 0.2) is 0 Å². The van der Waals surface area contributed by atoms with Crippen LogP contribution in [0.1, 0.15) is 32.1 Å². The molecule has 0 aromatic carbocycles. The molecule has 1 aliphatic carbocycles. The Morgan fingerprint density at radius 3 is 2.69 bits per heavy atom. The second-order valence-corrected chi connectivity index (χ2v) is 3.74. The average Bonchev–Trinajstić information content (AvgIpc) is 2.17. The van der Waals surface area contributed by atoms with Gasteiger partial charge in [0.25, 0.3) is 0 Å². The Morgan fingerprint density at radius 2 is 2.08 bits per heavy atom. The number of carbonyl (C=O) groups excluding carboxylic acids is 1. The first-order valence-corrected chi connectivity index (χ1v) is 5.08. The fraction of sp³-hybridized carbons (Fsp3) is 0.900. The predicted octanol–water partition coefficient (Wildman–Crippen LogP) is 1.33. The van der Waals surface area contributed by atoms with E-state index in [1.165, 1.54) is 32.1 Å². The molecule has 76 valence electrons. The highest BCUT2D eigenvalue weighted by Crippen LogP contribution is 2.22. The Labute approximate surface area is 79.8 Å². The molecule has 1 aliphatic rings. The number of methoxy groups -OCH3 is 1. The number of hydrogen-bond donors (Lipinski definition) is 1. The molecule has 3 nitrogen and oxygen atoms in total. The van der Waals surface area contributed by atoms with Crippen molar-refractivity contribution in [3.8, 4) is 0 Å². The molecule has 0 unspecified atom stereocenters. The number of ether oxygens (including phenoxy) is 1. The topological polar surface area (TPSA) is 38.3 Å². The van der Waals surface area contributed by atoms with Gasteiger partial charge in [-0.05, 0) is 18.8 Å². The first-order chi connectivity index (χ1) is 6.33. The Hall–Kier alpha value is -0.570. The van der Waals surface area contributed by atoms with E-state index in [0.29, 0.717) is 5.92 Å². The molecule has 0 aromatic rings. The molecule has 1 rings (SSSR count). The quantitative estimate of drug-likeness (QED) is 0.717. The molecule has 1 N–H and O–H groups in total. The monoisotopic (exact) mass is 185 g/mol. The maximum absolute atomic E-state index is 11.0. The molecular formula is C10H19NO2. The summed E-state index contributed by atoms with van der Waals surface area (Å²) < 4.78 is 4.73. The highest BCUT2D eigenvalue weighted by Gasteiger charge is 2.13. The lowest BCUT2D eigenvalue weighted by molar-refractivity contribution is -0.124. The lowest BCUT2D eigenvalue weighted by Gasteiger charge is -2.21. The minimum absolute atomic E-state index is 0.00748. The summed E-state index contributed by atoms with van der Waals surface area (Å²) in [5, 5.41) is 2.89. The second kappa shape index (κ2) is 5.97. The van der Waals surface area contributed by atoms with Gasteiger partial charge in [-0.15, -0.1) is 0 Å². The van der Waals surface area contributed by atoms with Gasteiger partial charge in [0, 0.05) is 13.7 Å². The highest BCUT2D eigenvalue weighted by molar-refractivity contribution is 5.77. The van der Waals surface area contributed by atoms with Crippen molar-refractivity contribution in [3.05, 3.63) is 0 Å². The van der Waals surface area contributed by atoms with Crippen molar-refractivity contribution in [1.82, 2.24) is 5.32 Å². The van der Waals surface area contributed by atoms with Gasteiger partial charge in [0.1, 0.15) is 6.61 Å². The van der Waals surface area contributed by atoms with Crippen LogP contribution in [0.3, 0.4) is 0 Å². The van der Waals surface area contributed by atoms with Gasteiger partial charge in [0.15, 0.2) is 0 Å². The first kappa shape index (κ1) is 10.5. The molecule has 0 heterocycles. The molecule has 0 radical (unpaired) electrons. The highest BCUT2D eigenvalue weighted by atomic mass is 16.5. The molecule has 0 spiro atoms. The van der Waals surface area contributed by atoms with E-state index in [1.807, 2.05) is 0 Å².